The lowest BCUT2D eigenvalue weighted by Gasteiger charge is -2.30. The Balaban J connectivity index is 2.88. The van der Waals surface area contributed by atoms with Crippen molar-refractivity contribution in [2.75, 3.05) is 11.9 Å². The van der Waals surface area contributed by atoms with E-state index in [0.29, 0.717) is 17.5 Å². The van der Waals surface area contributed by atoms with Crippen LogP contribution in [0.3, 0.4) is 0 Å². The largest absolute Gasteiger partial charge is 0.464 e. The van der Waals surface area contributed by atoms with Crippen molar-refractivity contribution in [3.05, 3.63) is 29.3 Å². The minimum atomic E-state index is -0.731. The maximum atomic E-state index is 12.2. The second-order valence-corrected chi connectivity index (χ2v) is 6.06. The van der Waals surface area contributed by atoms with Gasteiger partial charge < -0.3 is 10.1 Å². The van der Waals surface area contributed by atoms with E-state index in [9.17, 15) is 4.79 Å². The first kappa shape index (κ1) is 16.8. The maximum Gasteiger partial charge on any atom is 0.331 e. The molecule has 112 valence electrons. The van der Waals surface area contributed by atoms with E-state index in [4.69, 9.17) is 16.3 Å². The Bertz CT molecular complexity index is 448. The summed E-state index contributed by atoms with van der Waals surface area (Å²) in [6.45, 7) is 8.37. The third-order valence-electron chi connectivity index (χ3n) is 3.19. The summed E-state index contributed by atoms with van der Waals surface area (Å²) in [5, 5.41) is 3.92. The predicted octanol–water partition coefficient (Wildman–Crippen LogP) is 4.51. The van der Waals surface area contributed by atoms with Crippen molar-refractivity contribution in [1.29, 1.82) is 0 Å². The number of rotatable bonds is 7. The van der Waals surface area contributed by atoms with Gasteiger partial charge in [0.05, 0.1) is 6.61 Å². The highest BCUT2D eigenvalue weighted by atomic mass is 35.5. The van der Waals surface area contributed by atoms with Gasteiger partial charge in [-0.3, -0.25) is 0 Å². The molecule has 0 spiro atoms. The molecule has 0 fully saturated rings. The topological polar surface area (TPSA) is 38.3 Å². The van der Waals surface area contributed by atoms with Crippen LogP contribution < -0.4 is 5.32 Å². The second kappa shape index (κ2) is 7.53. The van der Waals surface area contributed by atoms with Gasteiger partial charge in [-0.1, -0.05) is 31.5 Å². The molecule has 0 amide bonds. The lowest BCUT2D eigenvalue weighted by atomic mass is 9.91. The molecule has 0 aliphatic rings. The van der Waals surface area contributed by atoms with Crippen molar-refractivity contribution in [3.63, 3.8) is 0 Å². The van der Waals surface area contributed by atoms with Crippen LogP contribution in [-0.4, -0.2) is 18.1 Å². The Kier molecular flexibility index (Phi) is 6.34. The Hall–Kier alpha value is -1.22. The summed E-state index contributed by atoms with van der Waals surface area (Å²) in [4.78, 5) is 12.2. The molecule has 0 radical (unpaired) electrons. The molecule has 0 aromatic heterocycles. The smallest absolute Gasteiger partial charge is 0.331 e. The molecule has 0 aliphatic heterocycles. The summed E-state index contributed by atoms with van der Waals surface area (Å²) in [7, 11) is 0. The van der Waals surface area contributed by atoms with Crippen LogP contribution in [0.25, 0.3) is 0 Å². The number of ether oxygens (including phenoxy) is 1. The number of anilines is 1. The molecule has 0 saturated carbocycles. The van der Waals surface area contributed by atoms with Gasteiger partial charge in [0.2, 0.25) is 0 Å². The standard InChI is InChI=1S/C16H24ClNO2/c1-5-20-15(19)16(4,10-9-12(2)3)18-14-8-6-7-13(17)11-14/h6-8,11-12,18H,5,9-10H2,1-4H3. The van der Waals surface area contributed by atoms with Crippen molar-refractivity contribution in [1.82, 2.24) is 0 Å². The number of nitrogens with one attached hydrogen (secondary N) is 1. The minimum Gasteiger partial charge on any atom is -0.464 e. The minimum absolute atomic E-state index is 0.222. The summed E-state index contributed by atoms with van der Waals surface area (Å²) >= 11 is 5.99. The zero-order chi connectivity index (χ0) is 15.2. The molecule has 3 nitrogen and oxygen atoms in total. The van der Waals surface area contributed by atoms with Gasteiger partial charge in [0.15, 0.2) is 0 Å². The third-order valence-corrected chi connectivity index (χ3v) is 3.43. The van der Waals surface area contributed by atoms with Crippen LogP contribution in [-0.2, 0) is 9.53 Å². The van der Waals surface area contributed by atoms with E-state index >= 15 is 0 Å². The molecular weight excluding hydrogens is 274 g/mol. The molecule has 4 heteroatoms. The fourth-order valence-electron chi connectivity index (χ4n) is 1.97. The van der Waals surface area contributed by atoms with Crippen LogP contribution in [0.1, 0.15) is 40.5 Å². The third kappa shape index (κ3) is 5.04. The molecule has 1 aromatic rings. The SMILES string of the molecule is CCOC(=O)C(C)(CCC(C)C)Nc1cccc(Cl)c1. The molecule has 0 aliphatic carbocycles. The zero-order valence-corrected chi connectivity index (χ0v) is 13.5. The molecule has 1 rings (SSSR count). The fraction of sp³-hybridized carbons (Fsp3) is 0.562. The first-order chi connectivity index (χ1) is 9.37. The highest BCUT2D eigenvalue weighted by Crippen LogP contribution is 2.25. The lowest BCUT2D eigenvalue weighted by Crippen LogP contribution is -2.45. The van der Waals surface area contributed by atoms with Gasteiger partial charge >= 0.3 is 5.97 Å². The Morgan fingerprint density at radius 2 is 2.15 bits per heavy atom. The number of benzene rings is 1. The van der Waals surface area contributed by atoms with Crippen LogP contribution in [0.5, 0.6) is 0 Å². The van der Waals surface area contributed by atoms with Gasteiger partial charge in [-0.25, -0.2) is 4.79 Å². The van der Waals surface area contributed by atoms with Crippen LogP contribution >= 0.6 is 11.6 Å². The summed E-state index contributed by atoms with van der Waals surface area (Å²) in [5.41, 5.74) is 0.0992. The Morgan fingerprint density at radius 3 is 2.70 bits per heavy atom. The van der Waals surface area contributed by atoms with E-state index in [1.807, 2.05) is 38.1 Å². The number of carbonyl (C=O) groups is 1. The van der Waals surface area contributed by atoms with Crippen molar-refractivity contribution in [2.45, 2.75) is 46.1 Å². The van der Waals surface area contributed by atoms with E-state index in [1.165, 1.54) is 0 Å². The van der Waals surface area contributed by atoms with Gasteiger partial charge in [0.25, 0.3) is 0 Å². The highest BCUT2D eigenvalue weighted by Gasteiger charge is 2.34. The summed E-state index contributed by atoms with van der Waals surface area (Å²) in [6.07, 6.45) is 1.67. The van der Waals surface area contributed by atoms with Crippen molar-refractivity contribution >= 4 is 23.3 Å². The van der Waals surface area contributed by atoms with Gasteiger partial charge in [-0.05, 0) is 50.8 Å². The first-order valence-corrected chi connectivity index (χ1v) is 7.46. The van der Waals surface area contributed by atoms with Gasteiger partial charge in [-0.2, -0.15) is 0 Å². The van der Waals surface area contributed by atoms with E-state index in [0.717, 1.165) is 18.5 Å². The van der Waals surface area contributed by atoms with Crippen LogP contribution in [0.4, 0.5) is 5.69 Å². The van der Waals surface area contributed by atoms with Gasteiger partial charge in [0, 0.05) is 10.7 Å². The van der Waals surface area contributed by atoms with E-state index in [-0.39, 0.29) is 5.97 Å². The quantitative estimate of drug-likeness (QED) is 0.753. The van der Waals surface area contributed by atoms with E-state index in [2.05, 4.69) is 19.2 Å². The predicted molar refractivity (Wildman–Crippen MR) is 84.2 cm³/mol. The molecular formula is C16H24ClNO2. The Labute approximate surface area is 126 Å². The van der Waals surface area contributed by atoms with Crippen LogP contribution in [0.15, 0.2) is 24.3 Å². The molecule has 1 unspecified atom stereocenters. The molecule has 0 heterocycles. The number of esters is 1. The normalized spacial score (nSPS) is 13.9. The number of hydrogen-bond acceptors (Lipinski definition) is 3. The Morgan fingerprint density at radius 1 is 1.45 bits per heavy atom. The first-order valence-electron chi connectivity index (χ1n) is 7.08. The van der Waals surface area contributed by atoms with Crippen molar-refractivity contribution in [3.8, 4) is 0 Å². The van der Waals surface area contributed by atoms with Crippen LogP contribution in [0, 0.1) is 5.92 Å². The molecule has 1 atom stereocenters. The summed E-state index contributed by atoms with van der Waals surface area (Å²) in [6, 6.07) is 7.38. The van der Waals surface area contributed by atoms with Crippen molar-refractivity contribution < 1.29 is 9.53 Å². The van der Waals surface area contributed by atoms with Gasteiger partial charge in [0.1, 0.15) is 5.54 Å². The summed E-state index contributed by atoms with van der Waals surface area (Å²) < 4.78 is 5.21. The molecule has 1 aromatic carbocycles. The van der Waals surface area contributed by atoms with Gasteiger partial charge in [-0.15, -0.1) is 0 Å². The molecule has 20 heavy (non-hydrogen) atoms. The molecule has 0 saturated heterocycles. The number of hydrogen-bond donors (Lipinski definition) is 1. The fourth-order valence-corrected chi connectivity index (χ4v) is 2.16. The van der Waals surface area contributed by atoms with E-state index in [1.54, 1.807) is 0 Å². The monoisotopic (exact) mass is 297 g/mol. The van der Waals surface area contributed by atoms with Crippen molar-refractivity contribution in [2.24, 2.45) is 5.92 Å². The van der Waals surface area contributed by atoms with Crippen LogP contribution in [0.2, 0.25) is 5.02 Å². The molecule has 1 N–H and O–H groups in total. The zero-order valence-electron chi connectivity index (χ0n) is 12.7. The highest BCUT2D eigenvalue weighted by molar-refractivity contribution is 6.30. The van der Waals surface area contributed by atoms with E-state index < -0.39 is 5.54 Å². The average Bonchev–Trinajstić information content (AvgIpc) is 2.36. The number of carbonyl (C=O) groups excluding carboxylic acids is 1. The summed E-state index contributed by atoms with van der Waals surface area (Å²) in [5.74, 6) is 0.311. The second-order valence-electron chi connectivity index (χ2n) is 5.62. The molecule has 0 bridgehead atoms. The number of halogens is 1. The average molecular weight is 298 g/mol. The maximum absolute atomic E-state index is 12.2. The lowest BCUT2D eigenvalue weighted by molar-refractivity contribution is -0.148.